The number of carbonyl (C=O) groups is 2. The van der Waals surface area contributed by atoms with Crippen LogP contribution in [0.15, 0.2) is 89.4 Å². The molecule has 3 N–H and O–H groups in total. The zero-order chi connectivity index (χ0) is 25.2. The molecule has 3 aromatic rings. The topological polar surface area (TPSA) is 105 Å². The van der Waals surface area contributed by atoms with E-state index in [4.69, 9.17) is 14.6 Å². The van der Waals surface area contributed by atoms with Gasteiger partial charge in [-0.3, -0.25) is 5.32 Å². The number of rotatable bonds is 10. The third-order valence-electron chi connectivity index (χ3n) is 4.87. The molecule has 0 aliphatic carbocycles. The maximum Gasteiger partial charge on any atom is 0.412 e. The van der Waals surface area contributed by atoms with Crippen molar-refractivity contribution in [3.8, 4) is 11.5 Å². The van der Waals surface area contributed by atoms with Crippen molar-refractivity contribution in [2.75, 3.05) is 5.32 Å². The molecule has 0 radical (unpaired) electrons. The average molecular weight is 652 g/mol. The van der Waals surface area contributed by atoms with Gasteiger partial charge in [-0.1, -0.05) is 40.2 Å². The molecule has 0 heterocycles. The van der Waals surface area contributed by atoms with Gasteiger partial charge in [0, 0.05) is 25.4 Å². The van der Waals surface area contributed by atoms with Crippen molar-refractivity contribution in [3.05, 3.63) is 98.6 Å². The number of benzene rings is 3. The summed E-state index contributed by atoms with van der Waals surface area (Å²) < 4.78 is 13.7. The van der Waals surface area contributed by atoms with Gasteiger partial charge >= 0.3 is 12.1 Å². The predicted octanol–water partition coefficient (Wildman–Crippen LogP) is 6.92. The Hall–Kier alpha value is -3.05. The average Bonchev–Trinajstić information content (AvgIpc) is 2.83. The van der Waals surface area contributed by atoms with Crippen LogP contribution in [0.2, 0.25) is 0 Å². The molecule has 3 rings (SSSR count). The van der Waals surface area contributed by atoms with Crippen molar-refractivity contribution in [1.82, 2.24) is 0 Å². The molecule has 2 atom stereocenters. The number of hydrogen-bond acceptors (Lipinski definition) is 5. The Balaban J connectivity index is 1.92. The Bertz CT molecular complexity index is 1170. The number of carbonyl (C=O) groups excluding carboxylic acids is 1. The van der Waals surface area contributed by atoms with Crippen molar-refractivity contribution in [2.24, 2.45) is 0 Å². The van der Waals surface area contributed by atoms with Gasteiger partial charge < -0.3 is 19.7 Å². The lowest BCUT2D eigenvalue weighted by molar-refractivity contribution is -0.131. The van der Waals surface area contributed by atoms with E-state index in [0.29, 0.717) is 29.8 Å². The van der Waals surface area contributed by atoms with Crippen LogP contribution in [0.3, 0.4) is 0 Å². The molecule has 0 aliphatic rings. The molecule has 0 aliphatic heterocycles. The first-order valence-electron chi connectivity index (χ1n) is 10.6. The zero-order valence-electron chi connectivity index (χ0n) is 18.4. The molecular weight excluding hydrogens is 629 g/mol. The summed E-state index contributed by atoms with van der Waals surface area (Å²) in [6.45, 7) is 0. The Morgan fingerprint density at radius 2 is 1.77 bits per heavy atom. The third kappa shape index (κ3) is 8.59. The second-order valence-electron chi connectivity index (χ2n) is 7.45. The highest BCUT2D eigenvalue weighted by Gasteiger charge is 2.31. The highest BCUT2D eigenvalue weighted by atomic mass is 127. The van der Waals surface area contributed by atoms with Crippen LogP contribution in [0.5, 0.6) is 11.5 Å². The van der Waals surface area contributed by atoms with Crippen molar-refractivity contribution in [3.63, 3.8) is 0 Å². The fourth-order valence-electron chi connectivity index (χ4n) is 3.28. The molecule has 35 heavy (non-hydrogen) atoms. The zero-order valence-corrected chi connectivity index (χ0v) is 22.2. The van der Waals surface area contributed by atoms with Gasteiger partial charge in [0.25, 0.3) is 0 Å². The number of ether oxygens (including phenoxy) is 2. The maximum atomic E-state index is 12.9. The van der Waals surface area contributed by atoms with Crippen LogP contribution >= 0.6 is 38.5 Å². The molecule has 182 valence electrons. The standard InChI is InChI=1S/C26H23BrINO6/c27-17-10-13-19(14-11-17)29-26(33)35-25(21-16-18(28)12-15-22(21)30)23(8-4-5-9-24(31)32)34-20-6-2-1-3-7-20/h1-3,5-7,9-16,23,25,30H,4,8H2,(H,29,33)(H,31,32)/b9-5+/t23-,25-/m1/s1. The van der Waals surface area contributed by atoms with E-state index in [-0.39, 0.29) is 5.75 Å². The van der Waals surface area contributed by atoms with E-state index in [0.717, 1.165) is 14.1 Å². The number of amides is 1. The summed E-state index contributed by atoms with van der Waals surface area (Å²) in [5, 5.41) is 22.2. The van der Waals surface area contributed by atoms with Crippen molar-refractivity contribution in [2.45, 2.75) is 25.0 Å². The molecule has 0 fully saturated rings. The Labute approximate surface area is 225 Å². The number of phenols is 1. The molecule has 0 saturated heterocycles. The predicted molar refractivity (Wildman–Crippen MR) is 145 cm³/mol. The fourth-order valence-corrected chi connectivity index (χ4v) is 4.06. The largest absolute Gasteiger partial charge is 0.508 e. The highest BCUT2D eigenvalue weighted by molar-refractivity contribution is 14.1. The highest BCUT2D eigenvalue weighted by Crippen LogP contribution is 2.35. The van der Waals surface area contributed by atoms with Crippen LogP contribution in [-0.2, 0) is 9.53 Å². The SMILES string of the molecule is O=C(O)/C=C/CC[C@@H](Oc1ccccc1)[C@H](OC(=O)Nc1ccc(Br)cc1)c1cc(I)ccc1O. The minimum atomic E-state index is -1.05. The van der Waals surface area contributed by atoms with Crippen LogP contribution in [0.1, 0.15) is 24.5 Å². The molecule has 1 amide bonds. The van der Waals surface area contributed by atoms with Crippen LogP contribution in [0, 0.1) is 3.57 Å². The monoisotopic (exact) mass is 651 g/mol. The molecule has 0 saturated carbocycles. The number of para-hydroxylation sites is 1. The molecular formula is C26H23BrINO6. The van der Waals surface area contributed by atoms with Crippen molar-refractivity contribution < 1.29 is 29.3 Å². The van der Waals surface area contributed by atoms with E-state index < -0.39 is 24.3 Å². The van der Waals surface area contributed by atoms with Gasteiger partial charge in [-0.25, -0.2) is 9.59 Å². The van der Waals surface area contributed by atoms with Gasteiger partial charge in [-0.2, -0.15) is 0 Å². The van der Waals surface area contributed by atoms with Gasteiger partial charge in [-0.05, 0) is 90.0 Å². The Morgan fingerprint density at radius 1 is 1.06 bits per heavy atom. The van der Waals surface area contributed by atoms with E-state index in [1.54, 1.807) is 48.5 Å². The first kappa shape index (κ1) is 26.6. The summed E-state index contributed by atoms with van der Waals surface area (Å²) in [6, 6.07) is 21.0. The third-order valence-corrected chi connectivity index (χ3v) is 6.07. The normalized spacial score (nSPS) is 12.6. The molecule has 0 bridgehead atoms. The lowest BCUT2D eigenvalue weighted by atomic mass is 9.99. The number of nitrogens with one attached hydrogen (secondary N) is 1. The number of allylic oxidation sites excluding steroid dienone is 1. The van der Waals surface area contributed by atoms with Crippen molar-refractivity contribution in [1.29, 1.82) is 0 Å². The number of carboxylic acid groups (broad SMARTS) is 1. The van der Waals surface area contributed by atoms with Gasteiger partial charge in [0.15, 0.2) is 6.10 Å². The maximum absolute atomic E-state index is 12.9. The van der Waals surface area contributed by atoms with Gasteiger partial charge in [0.2, 0.25) is 0 Å². The number of phenolic OH excluding ortho intramolecular Hbond substituents is 1. The van der Waals surface area contributed by atoms with Crippen molar-refractivity contribution >= 4 is 56.3 Å². The molecule has 0 unspecified atom stereocenters. The number of hydrogen-bond donors (Lipinski definition) is 3. The quantitative estimate of drug-likeness (QED) is 0.162. The second-order valence-corrected chi connectivity index (χ2v) is 9.61. The van der Waals surface area contributed by atoms with Gasteiger partial charge in [0.1, 0.15) is 17.6 Å². The summed E-state index contributed by atoms with van der Waals surface area (Å²) in [6.07, 6.45) is 0.797. The minimum absolute atomic E-state index is 0.0467. The minimum Gasteiger partial charge on any atom is -0.508 e. The Morgan fingerprint density at radius 3 is 2.46 bits per heavy atom. The number of aromatic hydroxyl groups is 1. The van der Waals surface area contributed by atoms with Crippen LogP contribution in [0.25, 0.3) is 0 Å². The molecule has 7 nitrogen and oxygen atoms in total. The molecule has 9 heteroatoms. The molecule has 0 spiro atoms. The number of carboxylic acids is 1. The lowest BCUT2D eigenvalue weighted by Gasteiger charge is -2.28. The van der Waals surface area contributed by atoms with E-state index in [1.807, 2.05) is 18.2 Å². The molecule has 0 aromatic heterocycles. The summed E-state index contributed by atoms with van der Waals surface area (Å²) in [4.78, 5) is 23.8. The molecule has 3 aromatic carbocycles. The first-order valence-corrected chi connectivity index (χ1v) is 12.5. The van der Waals surface area contributed by atoms with E-state index in [1.165, 1.54) is 12.1 Å². The smallest absolute Gasteiger partial charge is 0.412 e. The second kappa shape index (κ2) is 13.1. The summed E-state index contributed by atoms with van der Waals surface area (Å²) >= 11 is 5.47. The first-order chi connectivity index (χ1) is 16.8. The van der Waals surface area contributed by atoms with Gasteiger partial charge in [0.05, 0.1) is 0 Å². The van der Waals surface area contributed by atoms with E-state index >= 15 is 0 Å². The fraction of sp³-hybridized carbons (Fsp3) is 0.154. The summed E-state index contributed by atoms with van der Waals surface area (Å²) in [5.74, 6) is -0.552. The number of halogens is 2. The van der Waals surface area contributed by atoms with Crippen LogP contribution < -0.4 is 10.1 Å². The van der Waals surface area contributed by atoms with Gasteiger partial charge in [-0.15, -0.1) is 0 Å². The Kier molecular flexibility index (Phi) is 9.98. The summed E-state index contributed by atoms with van der Waals surface area (Å²) in [5.41, 5.74) is 0.916. The summed E-state index contributed by atoms with van der Waals surface area (Å²) in [7, 11) is 0. The van der Waals surface area contributed by atoms with Crippen LogP contribution in [-0.4, -0.2) is 28.4 Å². The van der Waals surface area contributed by atoms with Crippen LogP contribution in [0.4, 0.5) is 10.5 Å². The van der Waals surface area contributed by atoms with E-state index in [2.05, 4.69) is 43.8 Å². The van der Waals surface area contributed by atoms with E-state index in [9.17, 15) is 14.7 Å². The number of anilines is 1. The lowest BCUT2D eigenvalue weighted by Crippen LogP contribution is -2.31. The number of aliphatic carboxylic acids is 1.